The van der Waals surface area contributed by atoms with Crippen molar-refractivity contribution in [2.24, 2.45) is 11.5 Å². The fourth-order valence-electron chi connectivity index (χ4n) is 1.35. The first-order chi connectivity index (χ1) is 7.60. The van der Waals surface area contributed by atoms with Crippen molar-refractivity contribution in [2.45, 2.75) is 18.6 Å². The molecular weight excluding hydrogens is 208 g/mol. The third-order valence-corrected chi connectivity index (χ3v) is 2.34. The molecule has 0 radical (unpaired) electrons. The van der Waals surface area contributed by atoms with Crippen LogP contribution < -0.4 is 16.8 Å². The van der Waals surface area contributed by atoms with Gasteiger partial charge in [-0.05, 0) is 26.6 Å². The van der Waals surface area contributed by atoms with Crippen LogP contribution in [0.5, 0.6) is 0 Å². The highest BCUT2D eigenvalue weighted by Gasteiger charge is 2.05. The van der Waals surface area contributed by atoms with E-state index in [9.17, 15) is 10.2 Å². The van der Waals surface area contributed by atoms with E-state index in [-0.39, 0.29) is 6.54 Å². The minimum absolute atomic E-state index is 0.287. The van der Waals surface area contributed by atoms with Gasteiger partial charge in [0.25, 0.3) is 0 Å². The normalized spacial score (nSPS) is 15.4. The van der Waals surface area contributed by atoms with Gasteiger partial charge >= 0.3 is 0 Å². The van der Waals surface area contributed by atoms with E-state index in [1.807, 2.05) is 11.9 Å². The molecule has 0 saturated carbocycles. The maximum absolute atomic E-state index is 9.31. The summed E-state index contributed by atoms with van der Waals surface area (Å²) in [5.74, 6) is 0. The van der Waals surface area contributed by atoms with Crippen LogP contribution in [-0.4, -0.2) is 73.6 Å². The zero-order chi connectivity index (χ0) is 12.4. The second-order valence-electron chi connectivity index (χ2n) is 4.10. The lowest BCUT2D eigenvalue weighted by Gasteiger charge is -2.19. The number of nitrogens with one attached hydrogen (secondary N) is 1. The Kier molecular flexibility index (Phi) is 9.80. The summed E-state index contributed by atoms with van der Waals surface area (Å²) in [5, 5.41) is 21.6. The van der Waals surface area contributed by atoms with Gasteiger partial charge in [-0.3, -0.25) is 0 Å². The molecule has 6 nitrogen and oxygen atoms in total. The first-order valence-electron chi connectivity index (χ1n) is 5.75. The predicted molar refractivity (Wildman–Crippen MR) is 65.1 cm³/mol. The Morgan fingerprint density at radius 1 is 1.19 bits per heavy atom. The quantitative estimate of drug-likeness (QED) is 0.268. The number of hydrogen-bond acceptors (Lipinski definition) is 6. The van der Waals surface area contributed by atoms with Crippen molar-refractivity contribution in [1.82, 2.24) is 10.2 Å². The van der Waals surface area contributed by atoms with Crippen molar-refractivity contribution in [1.29, 1.82) is 0 Å². The number of aliphatic hydroxyl groups is 2. The number of hydrogen-bond donors (Lipinski definition) is 5. The topological polar surface area (TPSA) is 108 Å². The van der Waals surface area contributed by atoms with Gasteiger partial charge in [0.2, 0.25) is 0 Å². The maximum atomic E-state index is 9.31. The number of likely N-dealkylation sites (N-methyl/N-ethyl adjacent to an activating group) is 1. The Bertz CT molecular complexity index is 160. The average Bonchev–Trinajstić information content (AvgIpc) is 2.27. The van der Waals surface area contributed by atoms with Gasteiger partial charge in [-0.25, -0.2) is 0 Å². The molecule has 0 aliphatic carbocycles. The number of nitrogens with zero attached hydrogens (tertiary/aromatic N) is 1. The Morgan fingerprint density at radius 2 is 1.81 bits per heavy atom. The van der Waals surface area contributed by atoms with Crippen LogP contribution in [0.3, 0.4) is 0 Å². The van der Waals surface area contributed by atoms with Gasteiger partial charge in [0, 0.05) is 26.2 Å². The van der Waals surface area contributed by atoms with Crippen LogP contribution in [0.2, 0.25) is 0 Å². The van der Waals surface area contributed by atoms with Crippen LogP contribution in [0.4, 0.5) is 0 Å². The van der Waals surface area contributed by atoms with Gasteiger partial charge in [0.1, 0.15) is 0 Å². The predicted octanol–water partition coefficient (Wildman–Crippen LogP) is -2.46. The molecule has 2 atom stereocenters. The molecule has 0 aliphatic rings. The minimum atomic E-state index is -0.461. The Morgan fingerprint density at radius 3 is 2.38 bits per heavy atom. The van der Waals surface area contributed by atoms with Crippen LogP contribution in [0.15, 0.2) is 0 Å². The minimum Gasteiger partial charge on any atom is -0.390 e. The van der Waals surface area contributed by atoms with Crippen molar-refractivity contribution < 1.29 is 10.2 Å². The molecule has 0 aromatic carbocycles. The first kappa shape index (κ1) is 15.8. The van der Waals surface area contributed by atoms with E-state index >= 15 is 0 Å². The Balaban J connectivity index is 3.30. The van der Waals surface area contributed by atoms with Gasteiger partial charge in [0.15, 0.2) is 0 Å². The zero-order valence-corrected chi connectivity index (χ0v) is 10.1. The fourth-order valence-corrected chi connectivity index (χ4v) is 1.35. The lowest BCUT2D eigenvalue weighted by molar-refractivity contribution is 0.131. The first-order valence-corrected chi connectivity index (χ1v) is 5.75. The van der Waals surface area contributed by atoms with Crippen molar-refractivity contribution in [2.75, 3.05) is 46.3 Å². The molecule has 2 unspecified atom stereocenters. The molecule has 0 rings (SSSR count). The lowest BCUT2D eigenvalue weighted by atomic mass is 10.3. The standard InChI is InChI=1S/C10H26N4O2/c1-14(8-10(16)6-12)4-2-3-13-7-9(15)5-11/h9-10,13,15-16H,2-8,11-12H2,1H3. The van der Waals surface area contributed by atoms with Crippen LogP contribution in [0, 0.1) is 0 Å². The lowest BCUT2D eigenvalue weighted by Crippen LogP contribution is -2.36. The molecule has 0 aromatic rings. The van der Waals surface area contributed by atoms with Crippen LogP contribution in [0.25, 0.3) is 0 Å². The molecule has 0 fully saturated rings. The summed E-state index contributed by atoms with van der Waals surface area (Å²) in [6, 6.07) is 0. The third-order valence-electron chi connectivity index (χ3n) is 2.34. The second-order valence-corrected chi connectivity index (χ2v) is 4.10. The highest BCUT2D eigenvalue weighted by molar-refractivity contribution is 4.63. The number of nitrogens with two attached hydrogens (primary N) is 2. The maximum Gasteiger partial charge on any atom is 0.0788 e. The molecule has 0 aliphatic heterocycles. The highest BCUT2D eigenvalue weighted by Crippen LogP contribution is 1.90. The molecule has 0 spiro atoms. The molecule has 0 aromatic heterocycles. The summed E-state index contributed by atoms with van der Waals surface area (Å²) in [6.07, 6.45) is 0.0549. The van der Waals surface area contributed by atoms with Crippen molar-refractivity contribution in [3.63, 3.8) is 0 Å². The second kappa shape index (κ2) is 9.95. The van der Waals surface area contributed by atoms with Crippen LogP contribution in [-0.2, 0) is 0 Å². The van der Waals surface area contributed by atoms with E-state index in [1.54, 1.807) is 0 Å². The smallest absolute Gasteiger partial charge is 0.0788 e. The van der Waals surface area contributed by atoms with Crippen molar-refractivity contribution >= 4 is 0 Å². The summed E-state index contributed by atoms with van der Waals surface area (Å²) < 4.78 is 0. The Hall–Kier alpha value is -0.240. The van der Waals surface area contributed by atoms with Gasteiger partial charge in [-0.15, -0.1) is 0 Å². The SMILES string of the molecule is CN(CCCNCC(O)CN)CC(O)CN. The van der Waals surface area contributed by atoms with Gasteiger partial charge in [0.05, 0.1) is 12.2 Å². The molecule has 7 N–H and O–H groups in total. The number of rotatable bonds is 10. The summed E-state index contributed by atoms with van der Waals surface area (Å²) in [7, 11) is 1.95. The van der Waals surface area contributed by atoms with E-state index in [0.717, 1.165) is 19.5 Å². The van der Waals surface area contributed by atoms with E-state index < -0.39 is 12.2 Å². The molecule has 0 heterocycles. The molecule has 0 saturated heterocycles. The molecular formula is C10H26N4O2. The van der Waals surface area contributed by atoms with Gasteiger partial charge < -0.3 is 31.9 Å². The summed E-state index contributed by atoms with van der Waals surface area (Å²) >= 11 is 0. The molecule has 98 valence electrons. The van der Waals surface area contributed by atoms with Crippen LogP contribution in [0.1, 0.15) is 6.42 Å². The molecule has 6 heteroatoms. The summed E-state index contributed by atoms with van der Waals surface area (Å²) in [6.45, 7) is 3.44. The number of aliphatic hydroxyl groups excluding tert-OH is 2. The molecule has 0 amide bonds. The highest BCUT2D eigenvalue weighted by atomic mass is 16.3. The molecule has 16 heavy (non-hydrogen) atoms. The largest absolute Gasteiger partial charge is 0.390 e. The van der Waals surface area contributed by atoms with E-state index in [2.05, 4.69) is 5.32 Å². The van der Waals surface area contributed by atoms with Crippen LogP contribution >= 0.6 is 0 Å². The summed E-state index contributed by atoms with van der Waals surface area (Å²) in [4.78, 5) is 2.04. The average molecular weight is 234 g/mol. The summed E-state index contributed by atoms with van der Waals surface area (Å²) in [5.41, 5.74) is 10.6. The van der Waals surface area contributed by atoms with Crippen molar-refractivity contribution in [3.8, 4) is 0 Å². The monoisotopic (exact) mass is 234 g/mol. The van der Waals surface area contributed by atoms with Crippen molar-refractivity contribution in [3.05, 3.63) is 0 Å². The van der Waals surface area contributed by atoms with E-state index in [1.165, 1.54) is 0 Å². The van der Waals surface area contributed by atoms with Gasteiger partial charge in [-0.2, -0.15) is 0 Å². The zero-order valence-electron chi connectivity index (χ0n) is 10.1. The molecule has 0 bridgehead atoms. The third kappa shape index (κ3) is 9.02. The fraction of sp³-hybridized carbons (Fsp3) is 1.00. The Labute approximate surface area is 97.6 Å². The van der Waals surface area contributed by atoms with E-state index in [0.29, 0.717) is 19.6 Å². The van der Waals surface area contributed by atoms with E-state index in [4.69, 9.17) is 11.5 Å². The van der Waals surface area contributed by atoms with Gasteiger partial charge in [-0.1, -0.05) is 0 Å².